The Hall–Kier alpha value is -1.49. The maximum atomic E-state index is 8.80. The van der Waals surface area contributed by atoms with Crippen LogP contribution in [0.25, 0.3) is 0 Å². The molecule has 2 heteroatoms. The molecule has 0 aromatic heterocycles. The molecule has 0 radical (unpaired) electrons. The van der Waals surface area contributed by atoms with Crippen LogP contribution in [0, 0.1) is 18.3 Å². The lowest BCUT2D eigenvalue weighted by molar-refractivity contribution is 0.462. The topological polar surface area (TPSA) is 35.8 Å². The van der Waals surface area contributed by atoms with Crippen LogP contribution in [0.4, 0.5) is 5.69 Å². The third-order valence-electron chi connectivity index (χ3n) is 3.32. The number of rotatable bonds is 2. The molecule has 16 heavy (non-hydrogen) atoms. The quantitative estimate of drug-likeness (QED) is 0.816. The summed E-state index contributed by atoms with van der Waals surface area (Å²) in [7, 11) is 0. The molecule has 0 bridgehead atoms. The highest BCUT2D eigenvalue weighted by molar-refractivity contribution is 5.54. The molecule has 0 unspecified atom stereocenters. The van der Waals surface area contributed by atoms with Gasteiger partial charge in [0.1, 0.15) is 0 Å². The van der Waals surface area contributed by atoms with E-state index in [1.165, 1.54) is 43.4 Å². The Morgan fingerprint density at radius 2 is 2.00 bits per heavy atom. The molecule has 2 rings (SSSR count). The van der Waals surface area contributed by atoms with Gasteiger partial charge in [0.25, 0.3) is 0 Å². The zero-order chi connectivity index (χ0) is 11.4. The van der Waals surface area contributed by atoms with Crippen molar-refractivity contribution >= 4 is 5.69 Å². The summed E-state index contributed by atoms with van der Waals surface area (Å²) in [5, 5.41) is 12.4. The third-order valence-corrected chi connectivity index (χ3v) is 3.32. The number of benzene rings is 1. The van der Waals surface area contributed by atoms with Crippen LogP contribution in [0.5, 0.6) is 0 Å². The third kappa shape index (κ3) is 2.55. The van der Waals surface area contributed by atoms with Crippen molar-refractivity contribution in [2.45, 2.75) is 45.1 Å². The van der Waals surface area contributed by atoms with E-state index in [1.54, 1.807) is 0 Å². The summed E-state index contributed by atoms with van der Waals surface area (Å²) in [6.07, 6.45) is 6.61. The van der Waals surface area contributed by atoms with E-state index in [9.17, 15) is 0 Å². The van der Waals surface area contributed by atoms with Crippen LogP contribution in [0.3, 0.4) is 0 Å². The molecule has 1 aromatic rings. The lowest BCUT2D eigenvalue weighted by Gasteiger charge is -2.24. The Morgan fingerprint density at radius 3 is 2.62 bits per heavy atom. The first-order chi connectivity index (χ1) is 7.79. The maximum absolute atomic E-state index is 8.80. The van der Waals surface area contributed by atoms with Gasteiger partial charge in [0.2, 0.25) is 0 Å². The summed E-state index contributed by atoms with van der Waals surface area (Å²) in [6.45, 7) is 2.06. The second-order valence-electron chi connectivity index (χ2n) is 4.62. The summed E-state index contributed by atoms with van der Waals surface area (Å²) in [5.41, 5.74) is 3.10. The van der Waals surface area contributed by atoms with Crippen LogP contribution < -0.4 is 5.32 Å². The van der Waals surface area contributed by atoms with E-state index in [4.69, 9.17) is 5.26 Å². The highest BCUT2D eigenvalue weighted by atomic mass is 14.9. The van der Waals surface area contributed by atoms with Crippen LogP contribution in [0.2, 0.25) is 0 Å². The van der Waals surface area contributed by atoms with Crippen LogP contribution in [-0.2, 0) is 0 Å². The number of nitrogens with zero attached hydrogens (tertiary/aromatic N) is 1. The van der Waals surface area contributed by atoms with Gasteiger partial charge < -0.3 is 5.32 Å². The van der Waals surface area contributed by atoms with Gasteiger partial charge in [0.05, 0.1) is 11.6 Å². The molecule has 1 aromatic carbocycles. The minimum atomic E-state index is 0.625. The van der Waals surface area contributed by atoms with E-state index in [-0.39, 0.29) is 0 Å². The fourth-order valence-corrected chi connectivity index (χ4v) is 2.36. The predicted octanol–water partition coefficient (Wildman–Crippen LogP) is 3.61. The Kier molecular flexibility index (Phi) is 3.46. The van der Waals surface area contributed by atoms with Gasteiger partial charge in [-0.1, -0.05) is 19.3 Å². The number of nitriles is 1. The number of nitrogens with one attached hydrogen (secondary N) is 1. The summed E-state index contributed by atoms with van der Waals surface area (Å²) < 4.78 is 0. The Bertz CT molecular complexity index is 398. The minimum Gasteiger partial charge on any atom is -0.382 e. The van der Waals surface area contributed by atoms with Crippen molar-refractivity contribution in [2.24, 2.45) is 0 Å². The smallest absolute Gasteiger partial charge is 0.0991 e. The molecule has 1 aliphatic carbocycles. The van der Waals surface area contributed by atoms with Crippen molar-refractivity contribution < 1.29 is 0 Å². The summed E-state index contributed by atoms with van der Waals surface area (Å²) >= 11 is 0. The molecule has 0 heterocycles. The molecule has 0 spiro atoms. The Morgan fingerprint density at radius 1 is 1.25 bits per heavy atom. The minimum absolute atomic E-state index is 0.625. The molecule has 84 valence electrons. The van der Waals surface area contributed by atoms with Crippen molar-refractivity contribution in [3.8, 4) is 6.07 Å². The van der Waals surface area contributed by atoms with E-state index >= 15 is 0 Å². The van der Waals surface area contributed by atoms with Crippen LogP contribution in [0.1, 0.15) is 43.2 Å². The summed E-state index contributed by atoms with van der Waals surface area (Å²) in [5.74, 6) is 0. The Balaban J connectivity index is 2.06. The average molecular weight is 214 g/mol. The molecule has 0 aliphatic heterocycles. The fourth-order valence-electron chi connectivity index (χ4n) is 2.36. The zero-order valence-electron chi connectivity index (χ0n) is 9.79. The molecule has 0 atom stereocenters. The van der Waals surface area contributed by atoms with Crippen molar-refractivity contribution in [3.05, 3.63) is 29.3 Å². The van der Waals surface area contributed by atoms with Gasteiger partial charge in [-0.3, -0.25) is 0 Å². The van der Waals surface area contributed by atoms with Gasteiger partial charge in [0.15, 0.2) is 0 Å². The molecule has 0 saturated heterocycles. The first-order valence-electron chi connectivity index (χ1n) is 6.07. The lowest BCUT2D eigenvalue weighted by atomic mass is 9.95. The highest BCUT2D eigenvalue weighted by Gasteiger charge is 2.13. The molecule has 1 N–H and O–H groups in total. The lowest BCUT2D eigenvalue weighted by Crippen LogP contribution is -2.22. The summed E-state index contributed by atoms with van der Waals surface area (Å²) in [4.78, 5) is 0. The van der Waals surface area contributed by atoms with Crippen LogP contribution >= 0.6 is 0 Å². The van der Waals surface area contributed by atoms with E-state index in [2.05, 4.69) is 18.3 Å². The van der Waals surface area contributed by atoms with Gasteiger partial charge in [0, 0.05) is 11.7 Å². The van der Waals surface area contributed by atoms with Gasteiger partial charge in [-0.05, 0) is 43.5 Å². The van der Waals surface area contributed by atoms with Crippen LogP contribution in [-0.4, -0.2) is 6.04 Å². The maximum Gasteiger partial charge on any atom is 0.0991 e. The van der Waals surface area contributed by atoms with Crippen molar-refractivity contribution in [2.75, 3.05) is 5.32 Å². The molecule has 2 nitrogen and oxygen atoms in total. The van der Waals surface area contributed by atoms with Crippen LogP contribution in [0.15, 0.2) is 18.2 Å². The number of aryl methyl sites for hydroxylation is 1. The van der Waals surface area contributed by atoms with Gasteiger partial charge in [-0.2, -0.15) is 5.26 Å². The standard InChI is InChI=1S/C14H18N2/c1-11-9-12(10-15)7-8-14(11)16-13-5-3-2-4-6-13/h7-9,13,16H,2-6H2,1H3. The highest BCUT2D eigenvalue weighted by Crippen LogP contribution is 2.23. The zero-order valence-corrected chi connectivity index (χ0v) is 9.79. The largest absolute Gasteiger partial charge is 0.382 e. The molecular formula is C14H18N2. The normalized spacial score (nSPS) is 16.8. The monoisotopic (exact) mass is 214 g/mol. The molecule has 1 fully saturated rings. The van der Waals surface area contributed by atoms with Gasteiger partial charge in [-0.25, -0.2) is 0 Å². The first kappa shape index (κ1) is 11.0. The second kappa shape index (κ2) is 5.03. The van der Waals surface area contributed by atoms with Gasteiger partial charge >= 0.3 is 0 Å². The van der Waals surface area contributed by atoms with E-state index in [0.29, 0.717) is 6.04 Å². The van der Waals surface area contributed by atoms with Crippen molar-refractivity contribution in [1.82, 2.24) is 0 Å². The van der Waals surface area contributed by atoms with Crippen molar-refractivity contribution in [1.29, 1.82) is 5.26 Å². The molecular weight excluding hydrogens is 196 g/mol. The predicted molar refractivity (Wildman–Crippen MR) is 66.4 cm³/mol. The van der Waals surface area contributed by atoms with E-state index < -0.39 is 0 Å². The fraction of sp³-hybridized carbons (Fsp3) is 0.500. The van der Waals surface area contributed by atoms with E-state index in [0.717, 1.165) is 5.56 Å². The van der Waals surface area contributed by atoms with Gasteiger partial charge in [-0.15, -0.1) is 0 Å². The first-order valence-corrected chi connectivity index (χ1v) is 6.07. The molecule has 0 amide bonds. The Labute approximate surface area is 97.3 Å². The molecule has 1 aliphatic rings. The van der Waals surface area contributed by atoms with E-state index in [1.807, 2.05) is 18.2 Å². The number of hydrogen-bond acceptors (Lipinski definition) is 2. The summed E-state index contributed by atoms with van der Waals surface area (Å²) in [6, 6.07) is 8.66. The SMILES string of the molecule is Cc1cc(C#N)ccc1NC1CCCCC1. The number of hydrogen-bond donors (Lipinski definition) is 1. The average Bonchev–Trinajstić information content (AvgIpc) is 2.33. The second-order valence-corrected chi connectivity index (χ2v) is 4.62. The molecule has 1 saturated carbocycles. The van der Waals surface area contributed by atoms with Crippen molar-refractivity contribution in [3.63, 3.8) is 0 Å². The number of anilines is 1.